The van der Waals surface area contributed by atoms with Gasteiger partial charge in [0, 0.05) is 12.0 Å². The molecule has 186 valence electrons. The number of anilines is 1. The van der Waals surface area contributed by atoms with E-state index in [-0.39, 0.29) is 22.9 Å². The Bertz CT molecular complexity index is 1670. The van der Waals surface area contributed by atoms with Crippen molar-refractivity contribution in [2.24, 2.45) is 0 Å². The predicted molar refractivity (Wildman–Crippen MR) is 141 cm³/mol. The summed E-state index contributed by atoms with van der Waals surface area (Å²) in [6.07, 6.45) is 0.616. The molecule has 0 saturated carbocycles. The molecule has 7 nitrogen and oxygen atoms in total. The Morgan fingerprint density at radius 3 is 2.36 bits per heavy atom. The molecular formula is C28H29N3O4S. The van der Waals surface area contributed by atoms with Crippen LogP contribution in [-0.4, -0.2) is 23.6 Å². The van der Waals surface area contributed by atoms with Crippen molar-refractivity contribution in [1.82, 2.24) is 9.55 Å². The van der Waals surface area contributed by atoms with Gasteiger partial charge in [-0.25, -0.2) is 18.1 Å². The molecule has 2 heterocycles. The van der Waals surface area contributed by atoms with Crippen LogP contribution in [-0.2, 0) is 23.0 Å². The minimum absolute atomic E-state index is 0.0175. The minimum Gasteiger partial charge on any atom is -0.487 e. The van der Waals surface area contributed by atoms with E-state index in [4.69, 9.17) is 4.74 Å². The zero-order valence-corrected chi connectivity index (χ0v) is 21.9. The molecule has 0 fully saturated rings. The lowest BCUT2D eigenvalue weighted by atomic mass is 9.94. The van der Waals surface area contributed by atoms with Gasteiger partial charge >= 0.3 is 0 Å². The third-order valence-electron chi connectivity index (χ3n) is 6.83. The molecule has 0 atom stereocenters. The van der Waals surface area contributed by atoms with E-state index in [9.17, 15) is 13.2 Å². The van der Waals surface area contributed by atoms with Crippen LogP contribution in [0.1, 0.15) is 41.7 Å². The number of para-hydroxylation sites is 1. The molecule has 0 unspecified atom stereocenters. The van der Waals surface area contributed by atoms with E-state index in [0.29, 0.717) is 28.5 Å². The summed E-state index contributed by atoms with van der Waals surface area (Å²) in [5, 5.41) is 0.427. The fourth-order valence-electron chi connectivity index (χ4n) is 4.98. The maximum absolute atomic E-state index is 13.9. The van der Waals surface area contributed by atoms with Crippen LogP contribution in [0.3, 0.4) is 0 Å². The van der Waals surface area contributed by atoms with Crippen LogP contribution in [0.2, 0.25) is 0 Å². The number of nitrogens with one attached hydrogen (secondary N) is 1. The molecule has 1 aromatic heterocycles. The van der Waals surface area contributed by atoms with Crippen LogP contribution in [0, 0.1) is 20.8 Å². The molecule has 1 aliphatic heterocycles. The van der Waals surface area contributed by atoms with Crippen molar-refractivity contribution in [1.29, 1.82) is 0 Å². The fraction of sp³-hybridized carbons (Fsp3) is 0.286. The average Bonchev–Trinajstić information content (AvgIpc) is 3.16. The normalized spacial score (nSPS) is 14.5. The quantitative estimate of drug-likeness (QED) is 0.419. The Labute approximate surface area is 210 Å². The second kappa shape index (κ2) is 8.48. The van der Waals surface area contributed by atoms with Gasteiger partial charge in [0.25, 0.3) is 15.6 Å². The number of benzene rings is 3. The zero-order chi connectivity index (χ0) is 25.8. The Kier molecular flexibility index (Phi) is 5.67. The highest BCUT2D eigenvalue weighted by Crippen LogP contribution is 2.44. The molecule has 5 rings (SSSR count). The van der Waals surface area contributed by atoms with E-state index in [1.807, 2.05) is 58.0 Å². The number of ether oxygens (including phenoxy) is 1. The number of aromatic nitrogens is 2. The van der Waals surface area contributed by atoms with Crippen LogP contribution >= 0.6 is 0 Å². The number of nitrogens with zero attached hydrogens (tertiary/aromatic N) is 2. The lowest BCUT2D eigenvalue weighted by molar-refractivity contribution is 0.137. The van der Waals surface area contributed by atoms with Crippen LogP contribution in [0.25, 0.3) is 10.9 Å². The van der Waals surface area contributed by atoms with Crippen molar-refractivity contribution < 1.29 is 13.2 Å². The zero-order valence-electron chi connectivity index (χ0n) is 21.0. The lowest BCUT2D eigenvalue weighted by Crippen LogP contribution is -2.28. The molecule has 0 amide bonds. The van der Waals surface area contributed by atoms with E-state index in [2.05, 4.69) is 9.71 Å². The summed E-state index contributed by atoms with van der Waals surface area (Å²) >= 11 is 0. The summed E-state index contributed by atoms with van der Waals surface area (Å²) in [7, 11) is -4.08. The first-order chi connectivity index (χ1) is 17.0. The van der Waals surface area contributed by atoms with Gasteiger partial charge in [-0.15, -0.1) is 0 Å². The number of sulfonamides is 1. The maximum Gasteiger partial charge on any atom is 0.264 e. The molecule has 4 aromatic rings. The molecule has 0 aliphatic carbocycles. The van der Waals surface area contributed by atoms with Gasteiger partial charge in [0.2, 0.25) is 5.95 Å². The monoisotopic (exact) mass is 503 g/mol. The van der Waals surface area contributed by atoms with Crippen molar-refractivity contribution in [2.45, 2.75) is 58.1 Å². The van der Waals surface area contributed by atoms with Gasteiger partial charge < -0.3 is 4.74 Å². The highest BCUT2D eigenvalue weighted by molar-refractivity contribution is 7.92. The second-order valence-corrected chi connectivity index (χ2v) is 11.6. The van der Waals surface area contributed by atoms with Crippen molar-refractivity contribution in [3.63, 3.8) is 0 Å². The number of fused-ring (bicyclic) bond motifs is 2. The summed E-state index contributed by atoms with van der Waals surface area (Å²) in [4.78, 5) is 18.2. The molecule has 0 saturated heterocycles. The van der Waals surface area contributed by atoms with E-state index >= 15 is 0 Å². The Balaban J connectivity index is 1.67. The lowest BCUT2D eigenvalue weighted by Gasteiger charge is -2.20. The third kappa shape index (κ3) is 4.05. The summed E-state index contributed by atoms with van der Waals surface area (Å²) in [5.74, 6) is 0.745. The summed E-state index contributed by atoms with van der Waals surface area (Å²) in [5.41, 5.74) is 3.55. The highest BCUT2D eigenvalue weighted by atomic mass is 32.2. The first-order valence-electron chi connectivity index (χ1n) is 11.9. The predicted octanol–water partition coefficient (Wildman–Crippen LogP) is 4.88. The Hall–Kier alpha value is -3.65. The molecule has 1 aliphatic rings. The fourth-order valence-corrected chi connectivity index (χ4v) is 6.56. The van der Waals surface area contributed by atoms with Crippen molar-refractivity contribution in [3.8, 4) is 5.75 Å². The summed E-state index contributed by atoms with van der Waals surface area (Å²) < 4.78 is 38.0. The second-order valence-electron chi connectivity index (χ2n) is 9.99. The van der Waals surface area contributed by atoms with Crippen LogP contribution in [0.4, 0.5) is 5.95 Å². The molecule has 0 radical (unpaired) electrons. The third-order valence-corrected chi connectivity index (χ3v) is 8.43. The molecule has 3 aromatic carbocycles. The van der Waals surface area contributed by atoms with Gasteiger partial charge in [-0.05, 0) is 69.0 Å². The molecular weight excluding hydrogens is 474 g/mol. The van der Waals surface area contributed by atoms with Gasteiger partial charge in [0.1, 0.15) is 11.4 Å². The van der Waals surface area contributed by atoms with Crippen LogP contribution in [0.5, 0.6) is 5.75 Å². The largest absolute Gasteiger partial charge is 0.487 e. The van der Waals surface area contributed by atoms with Crippen molar-refractivity contribution in [2.75, 3.05) is 4.72 Å². The number of hydrogen-bond donors (Lipinski definition) is 1. The first-order valence-corrected chi connectivity index (χ1v) is 13.3. The smallest absolute Gasteiger partial charge is 0.264 e. The van der Waals surface area contributed by atoms with E-state index in [0.717, 1.165) is 22.4 Å². The Morgan fingerprint density at radius 2 is 1.64 bits per heavy atom. The molecule has 1 N–H and O–H groups in total. The minimum atomic E-state index is -4.08. The molecule has 8 heteroatoms. The van der Waals surface area contributed by atoms with Gasteiger partial charge in [-0.2, -0.15) is 0 Å². The standard InChI is InChI=1S/C28H29N3O4S/c1-17-18(2)25(19(3)22-15-28(4,5)35-24(17)22)36(33,34)30-27-29-23-14-10-9-13-21(23)26(32)31(27)16-20-11-7-6-8-12-20/h6-14H,15-16H2,1-5H3,(H,29,30). The van der Waals surface area contributed by atoms with Crippen LogP contribution in [0.15, 0.2) is 64.3 Å². The molecule has 0 bridgehead atoms. The van der Waals surface area contributed by atoms with Crippen LogP contribution < -0.4 is 15.0 Å². The van der Waals surface area contributed by atoms with Gasteiger partial charge in [-0.1, -0.05) is 42.5 Å². The van der Waals surface area contributed by atoms with E-state index in [1.165, 1.54) is 4.57 Å². The molecule has 0 spiro atoms. The number of hydrogen-bond acceptors (Lipinski definition) is 5. The topological polar surface area (TPSA) is 90.3 Å². The van der Waals surface area contributed by atoms with Crippen molar-refractivity contribution >= 4 is 26.9 Å². The molecule has 36 heavy (non-hydrogen) atoms. The first kappa shape index (κ1) is 24.1. The maximum atomic E-state index is 13.9. The van der Waals surface area contributed by atoms with Gasteiger partial charge in [0.05, 0.1) is 22.3 Å². The number of rotatable bonds is 5. The average molecular weight is 504 g/mol. The Morgan fingerprint density at radius 1 is 0.972 bits per heavy atom. The SMILES string of the molecule is Cc1c(C)c(S(=O)(=O)Nc2nc3ccccc3c(=O)n2Cc2ccccc2)c(C)c2c1OC(C)(C)C2. The van der Waals surface area contributed by atoms with E-state index < -0.39 is 15.6 Å². The summed E-state index contributed by atoms with van der Waals surface area (Å²) in [6, 6.07) is 16.4. The van der Waals surface area contributed by atoms with E-state index in [1.54, 1.807) is 31.2 Å². The van der Waals surface area contributed by atoms with Gasteiger partial charge in [0.15, 0.2) is 0 Å². The highest BCUT2D eigenvalue weighted by Gasteiger charge is 2.37. The van der Waals surface area contributed by atoms with Crippen molar-refractivity contribution in [3.05, 3.63) is 92.8 Å². The summed E-state index contributed by atoms with van der Waals surface area (Å²) in [6.45, 7) is 9.65. The van der Waals surface area contributed by atoms with Gasteiger partial charge in [-0.3, -0.25) is 9.36 Å².